The summed E-state index contributed by atoms with van der Waals surface area (Å²) in [5.74, 6) is 0.366. The van der Waals surface area contributed by atoms with Crippen LogP contribution in [0.4, 0.5) is 0 Å². The van der Waals surface area contributed by atoms with Crippen LogP contribution in [0.1, 0.15) is 39.5 Å². The number of carbonyl (C=O) groups excluding carboxylic acids is 3. The van der Waals surface area contributed by atoms with E-state index in [-0.39, 0.29) is 29.7 Å². The predicted octanol–water partition coefficient (Wildman–Crippen LogP) is 0.372. The summed E-state index contributed by atoms with van der Waals surface area (Å²) < 4.78 is 0. The second-order valence-electron chi connectivity index (χ2n) is 6.08. The van der Waals surface area contributed by atoms with Crippen LogP contribution in [0, 0.1) is 5.92 Å². The van der Waals surface area contributed by atoms with Gasteiger partial charge in [0.1, 0.15) is 0 Å². The van der Waals surface area contributed by atoms with Gasteiger partial charge >= 0.3 is 0 Å². The largest absolute Gasteiger partial charge is 0.353 e. The lowest BCUT2D eigenvalue weighted by Gasteiger charge is -2.37. The number of amides is 3. The van der Waals surface area contributed by atoms with Crippen molar-refractivity contribution in [2.75, 3.05) is 26.2 Å². The van der Waals surface area contributed by atoms with Gasteiger partial charge in [-0.1, -0.05) is 0 Å². The van der Waals surface area contributed by atoms with Gasteiger partial charge in [-0.25, -0.2) is 0 Å². The first-order valence-electron chi connectivity index (χ1n) is 7.78. The van der Waals surface area contributed by atoms with Gasteiger partial charge in [0.25, 0.3) is 0 Å². The Hall–Kier alpha value is -1.59. The van der Waals surface area contributed by atoms with Crippen molar-refractivity contribution in [3.05, 3.63) is 0 Å². The highest BCUT2D eigenvalue weighted by Crippen LogP contribution is 2.22. The summed E-state index contributed by atoms with van der Waals surface area (Å²) in [6.45, 7) is 5.92. The smallest absolute Gasteiger partial charge is 0.225 e. The van der Waals surface area contributed by atoms with Crippen LogP contribution < -0.4 is 5.32 Å². The summed E-state index contributed by atoms with van der Waals surface area (Å²) in [6, 6.07) is 0.200. The summed E-state index contributed by atoms with van der Waals surface area (Å²) in [5, 5.41) is 2.92. The molecule has 0 aromatic carbocycles. The molecule has 2 saturated heterocycles. The number of hydrogen-bond donors (Lipinski definition) is 1. The van der Waals surface area contributed by atoms with E-state index in [0.717, 1.165) is 38.8 Å². The third-order valence-corrected chi connectivity index (χ3v) is 4.50. The minimum Gasteiger partial charge on any atom is -0.353 e. The van der Waals surface area contributed by atoms with Gasteiger partial charge in [-0.2, -0.15) is 0 Å². The number of nitrogens with zero attached hydrogens (tertiary/aromatic N) is 2. The van der Waals surface area contributed by atoms with Gasteiger partial charge in [0.2, 0.25) is 17.7 Å². The minimum atomic E-state index is -0.00335. The van der Waals surface area contributed by atoms with Crippen LogP contribution >= 0.6 is 0 Å². The number of nitrogens with one attached hydrogen (secondary N) is 1. The molecular formula is C15H25N3O3. The fourth-order valence-corrected chi connectivity index (χ4v) is 3.23. The van der Waals surface area contributed by atoms with Gasteiger partial charge in [-0.15, -0.1) is 0 Å². The summed E-state index contributed by atoms with van der Waals surface area (Å²) in [4.78, 5) is 38.6. The van der Waals surface area contributed by atoms with Crippen LogP contribution in [-0.4, -0.2) is 59.7 Å². The molecule has 0 atom stereocenters. The van der Waals surface area contributed by atoms with Crippen LogP contribution in [0.15, 0.2) is 0 Å². The molecule has 0 aromatic heterocycles. The van der Waals surface area contributed by atoms with E-state index < -0.39 is 0 Å². The Morgan fingerprint density at radius 2 is 1.38 bits per heavy atom. The molecule has 0 aliphatic carbocycles. The number of piperidine rings is 2. The topological polar surface area (TPSA) is 69.7 Å². The lowest BCUT2D eigenvalue weighted by atomic mass is 9.94. The van der Waals surface area contributed by atoms with E-state index in [0.29, 0.717) is 13.1 Å². The minimum absolute atomic E-state index is 0.00335. The monoisotopic (exact) mass is 295 g/mol. The molecule has 2 aliphatic rings. The SMILES string of the molecule is CC(=O)NC1CCN(C(=O)C2CCN(C(C)=O)CC2)CC1. The third-order valence-electron chi connectivity index (χ3n) is 4.50. The van der Waals surface area contributed by atoms with Gasteiger partial charge in [0, 0.05) is 52.0 Å². The molecule has 0 saturated carbocycles. The average molecular weight is 295 g/mol. The van der Waals surface area contributed by atoms with Crippen LogP contribution in [0.3, 0.4) is 0 Å². The Morgan fingerprint density at radius 3 is 1.86 bits per heavy atom. The zero-order valence-electron chi connectivity index (χ0n) is 12.9. The molecule has 21 heavy (non-hydrogen) atoms. The normalized spacial score (nSPS) is 21.2. The van der Waals surface area contributed by atoms with E-state index in [2.05, 4.69) is 5.32 Å². The van der Waals surface area contributed by atoms with E-state index in [1.54, 1.807) is 6.92 Å². The highest BCUT2D eigenvalue weighted by Gasteiger charge is 2.31. The maximum Gasteiger partial charge on any atom is 0.225 e. The van der Waals surface area contributed by atoms with E-state index in [4.69, 9.17) is 0 Å². The van der Waals surface area contributed by atoms with Crippen LogP contribution in [0.5, 0.6) is 0 Å². The molecule has 2 fully saturated rings. The molecule has 0 bridgehead atoms. The first kappa shape index (κ1) is 15.8. The standard InChI is InChI=1S/C15H25N3O3/c1-11(19)16-14-5-9-18(10-6-14)15(21)13-3-7-17(8-4-13)12(2)20/h13-14H,3-10H2,1-2H3,(H,16,19). The number of hydrogen-bond acceptors (Lipinski definition) is 3. The second kappa shape index (κ2) is 6.91. The number of carbonyl (C=O) groups is 3. The van der Waals surface area contributed by atoms with Crippen molar-refractivity contribution in [2.45, 2.75) is 45.6 Å². The Bertz CT molecular complexity index is 408. The summed E-state index contributed by atoms with van der Waals surface area (Å²) in [5.41, 5.74) is 0. The van der Waals surface area contributed by atoms with E-state index >= 15 is 0 Å². The molecule has 0 unspecified atom stereocenters. The van der Waals surface area contributed by atoms with Crippen molar-refractivity contribution in [1.29, 1.82) is 0 Å². The summed E-state index contributed by atoms with van der Waals surface area (Å²) >= 11 is 0. The molecule has 0 aromatic rings. The third kappa shape index (κ3) is 4.19. The quantitative estimate of drug-likeness (QED) is 0.800. The molecule has 0 radical (unpaired) electrons. The zero-order valence-corrected chi connectivity index (χ0v) is 12.9. The number of rotatable bonds is 2. The molecule has 1 N–H and O–H groups in total. The van der Waals surface area contributed by atoms with Crippen molar-refractivity contribution in [3.63, 3.8) is 0 Å². The van der Waals surface area contributed by atoms with Crippen LogP contribution in [0.2, 0.25) is 0 Å². The van der Waals surface area contributed by atoms with Crippen molar-refractivity contribution in [3.8, 4) is 0 Å². The van der Waals surface area contributed by atoms with Gasteiger partial charge in [-0.05, 0) is 25.7 Å². The maximum absolute atomic E-state index is 12.5. The Morgan fingerprint density at radius 1 is 0.857 bits per heavy atom. The molecule has 118 valence electrons. The van der Waals surface area contributed by atoms with Crippen LogP contribution in [0.25, 0.3) is 0 Å². The molecule has 3 amide bonds. The van der Waals surface area contributed by atoms with Gasteiger partial charge in [-0.3, -0.25) is 14.4 Å². The van der Waals surface area contributed by atoms with Crippen LogP contribution in [-0.2, 0) is 14.4 Å². The maximum atomic E-state index is 12.5. The van der Waals surface area contributed by atoms with Crippen molar-refractivity contribution in [2.24, 2.45) is 5.92 Å². The average Bonchev–Trinajstić information content (AvgIpc) is 2.47. The second-order valence-corrected chi connectivity index (χ2v) is 6.08. The van der Waals surface area contributed by atoms with Gasteiger partial charge in [0.05, 0.1) is 0 Å². The molecule has 2 heterocycles. The molecule has 6 nitrogen and oxygen atoms in total. The molecule has 6 heteroatoms. The fraction of sp³-hybridized carbons (Fsp3) is 0.800. The molecule has 2 rings (SSSR count). The van der Waals surface area contributed by atoms with E-state index in [9.17, 15) is 14.4 Å². The van der Waals surface area contributed by atoms with E-state index in [1.807, 2.05) is 9.80 Å². The highest BCUT2D eigenvalue weighted by molar-refractivity contribution is 5.80. The van der Waals surface area contributed by atoms with Crippen molar-refractivity contribution < 1.29 is 14.4 Å². The summed E-state index contributed by atoms with van der Waals surface area (Å²) in [7, 11) is 0. The summed E-state index contributed by atoms with van der Waals surface area (Å²) in [6.07, 6.45) is 3.20. The Kier molecular flexibility index (Phi) is 5.20. The molecule has 0 spiro atoms. The highest BCUT2D eigenvalue weighted by atomic mass is 16.2. The zero-order chi connectivity index (χ0) is 15.4. The lowest BCUT2D eigenvalue weighted by Crippen LogP contribution is -2.49. The van der Waals surface area contributed by atoms with Crippen molar-refractivity contribution >= 4 is 17.7 Å². The first-order chi connectivity index (χ1) is 9.97. The number of likely N-dealkylation sites (tertiary alicyclic amines) is 2. The van der Waals surface area contributed by atoms with E-state index in [1.165, 1.54) is 6.92 Å². The Labute approximate surface area is 125 Å². The van der Waals surface area contributed by atoms with Crippen molar-refractivity contribution in [1.82, 2.24) is 15.1 Å². The Balaban J connectivity index is 1.77. The predicted molar refractivity (Wildman–Crippen MR) is 78.4 cm³/mol. The molecule has 2 aliphatic heterocycles. The fourth-order valence-electron chi connectivity index (χ4n) is 3.23. The van der Waals surface area contributed by atoms with Gasteiger partial charge in [0.15, 0.2) is 0 Å². The lowest BCUT2D eigenvalue weighted by molar-refractivity contribution is -0.141. The molecular weight excluding hydrogens is 270 g/mol. The van der Waals surface area contributed by atoms with Gasteiger partial charge < -0.3 is 15.1 Å². The first-order valence-corrected chi connectivity index (χ1v) is 7.78.